The van der Waals surface area contributed by atoms with E-state index >= 15 is 0 Å². The Balaban J connectivity index is 1.63. The molecule has 0 aromatic rings. The second kappa shape index (κ2) is 5.95. The van der Waals surface area contributed by atoms with E-state index in [1.807, 2.05) is 0 Å². The summed E-state index contributed by atoms with van der Waals surface area (Å²) >= 11 is 0. The van der Waals surface area contributed by atoms with Crippen LogP contribution in [-0.2, 0) is 4.79 Å². The number of carbonyl (C=O) groups is 1. The van der Waals surface area contributed by atoms with E-state index in [-0.39, 0.29) is 18.9 Å². The van der Waals surface area contributed by atoms with Crippen LogP contribution >= 0.6 is 0 Å². The van der Waals surface area contributed by atoms with Gasteiger partial charge >= 0.3 is 0 Å². The van der Waals surface area contributed by atoms with Crippen LogP contribution in [0.15, 0.2) is 0 Å². The van der Waals surface area contributed by atoms with Gasteiger partial charge in [0, 0.05) is 13.0 Å². The predicted octanol–water partition coefficient (Wildman–Crippen LogP) is 2.07. The fourth-order valence-corrected chi connectivity index (χ4v) is 2.90. The van der Waals surface area contributed by atoms with E-state index < -0.39 is 12.0 Å². The van der Waals surface area contributed by atoms with Crippen molar-refractivity contribution >= 4 is 5.91 Å². The zero-order valence-corrected chi connectivity index (χ0v) is 10.7. The molecule has 1 saturated carbocycles. The topological polar surface area (TPSA) is 41.1 Å². The van der Waals surface area contributed by atoms with Gasteiger partial charge in [-0.3, -0.25) is 10.1 Å². The van der Waals surface area contributed by atoms with Crippen molar-refractivity contribution in [1.29, 1.82) is 0 Å². The molecular formula is C13H22F2N2O. The molecule has 104 valence electrons. The lowest BCUT2D eigenvalue weighted by Gasteiger charge is -2.21. The van der Waals surface area contributed by atoms with Crippen molar-refractivity contribution in [1.82, 2.24) is 10.6 Å². The largest absolute Gasteiger partial charge is 0.355 e. The van der Waals surface area contributed by atoms with E-state index in [0.717, 1.165) is 6.42 Å². The van der Waals surface area contributed by atoms with E-state index in [9.17, 15) is 13.6 Å². The molecule has 2 fully saturated rings. The summed E-state index contributed by atoms with van der Waals surface area (Å²) in [7, 11) is 0. The number of hydrogen-bond acceptors (Lipinski definition) is 2. The zero-order valence-electron chi connectivity index (χ0n) is 10.7. The molecule has 1 heterocycles. The Morgan fingerprint density at radius 2 is 2.00 bits per heavy atom. The normalized spacial score (nSPS) is 28.2. The van der Waals surface area contributed by atoms with Gasteiger partial charge in [-0.15, -0.1) is 0 Å². The number of amides is 1. The van der Waals surface area contributed by atoms with E-state index in [2.05, 4.69) is 10.6 Å². The molecule has 1 atom stereocenters. The highest BCUT2D eigenvalue weighted by Gasteiger charge is 2.42. The molecule has 0 bridgehead atoms. The SMILES string of the molecule is O=C(NCCC1CCCCC1)C1CC(F)(F)CN1. The van der Waals surface area contributed by atoms with Crippen LogP contribution in [0, 0.1) is 5.92 Å². The van der Waals surface area contributed by atoms with E-state index in [1.54, 1.807) is 0 Å². The van der Waals surface area contributed by atoms with Crippen LogP contribution in [-0.4, -0.2) is 31.0 Å². The maximum absolute atomic E-state index is 12.9. The van der Waals surface area contributed by atoms with Gasteiger partial charge in [0.25, 0.3) is 5.92 Å². The quantitative estimate of drug-likeness (QED) is 0.812. The minimum absolute atomic E-state index is 0.275. The predicted molar refractivity (Wildman–Crippen MR) is 65.6 cm³/mol. The van der Waals surface area contributed by atoms with Crippen LogP contribution in [0.4, 0.5) is 8.78 Å². The van der Waals surface area contributed by atoms with Crippen LogP contribution < -0.4 is 10.6 Å². The minimum Gasteiger partial charge on any atom is -0.355 e. The fraction of sp³-hybridized carbons (Fsp3) is 0.923. The molecule has 1 saturated heterocycles. The first-order chi connectivity index (χ1) is 8.57. The molecule has 5 heteroatoms. The molecule has 3 nitrogen and oxygen atoms in total. The molecule has 0 radical (unpaired) electrons. The molecule has 1 amide bonds. The molecule has 2 aliphatic rings. The molecule has 2 N–H and O–H groups in total. The number of hydrogen-bond donors (Lipinski definition) is 2. The molecule has 1 unspecified atom stereocenters. The first kappa shape index (κ1) is 13.7. The number of halogens is 2. The summed E-state index contributed by atoms with van der Waals surface area (Å²) in [5.41, 5.74) is 0. The van der Waals surface area contributed by atoms with Gasteiger partial charge in [-0.05, 0) is 12.3 Å². The second-order valence-electron chi connectivity index (χ2n) is 5.58. The van der Waals surface area contributed by atoms with Gasteiger partial charge in [-0.25, -0.2) is 8.78 Å². The number of carbonyl (C=O) groups excluding carboxylic acids is 1. The average Bonchev–Trinajstić information content (AvgIpc) is 2.71. The summed E-state index contributed by atoms with van der Waals surface area (Å²) < 4.78 is 25.9. The maximum Gasteiger partial charge on any atom is 0.262 e. The fourth-order valence-electron chi connectivity index (χ4n) is 2.90. The van der Waals surface area contributed by atoms with E-state index in [4.69, 9.17) is 0 Å². The second-order valence-corrected chi connectivity index (χ2v) is 5.58. The number of alkyl halides is 2. The number of nitrogens with one attached hydrogen (secondary N) is 2. The zero-order chi connectivity index (χ0) is 13.0. The van der Waals surface area contributed by atoms with E-state index in [1.165, 1.54) is 32.1 Å². The van der Waals surface area contributed by atoms with Gasteiger partial charge in [0.05, 0.1) is 12.6 Å². The Labute approximate surface area is 107 Å². The van der Waals surface area contributed by atoms with Crippen LogP contribution in [0.2, 0.25) is 0 Å². The van der Waals surface area contributed by atoms with E-state index in [0.29, 0.717) is 12.5 Å². The van der Waals surface area contributed by atoms with Gasteiger partial charge in [0.1, 0.15) is 0 Å². The third-order valence-corrected chi connectivity index (χ3v) is 4.00. The Morgan fingerprint density at radius 3 is 2.61 bits per heavy atom. The minimum atomic E-state index is -2.73. The summed E-state index contributed by atoms with van der Waals surface area (Å²) in [6, 6.07) is -0.716. The van der Waals surface area contributed by atoms with Gasteiger partial charge in [0.15, 0.2) is 0 Å². The van der Waals surface area contributed by atoms with Gasteiger partial charge in [-0.1, -0.05) is 32.1 Å². The molecule has 0 aromatic heterocycles. The number of rotatable bonds is 4. The van der Waals surface area contributed by atoms with Gasteiger partial charge in [0.2, 0.25) is 5.91 Å². The Bertz CT molecular complexity index is 291. The average molecular weight is 260 g/mol. The lowest BCUT2D eigenvalue weighted by Crippen LogP contribution is -2.41. The van der Waals surface area contributed by atoms with Crippen molar-refractivity contribution in [3.05, 3.63) is 0 Å². The maximum atomic E-state index is 12.9. The summed E-state index contributed by atoms with van der Waals surface area (Å²) in [6.45, 7) is 0.237. The Hall–Kier alpha value is -0.710. The Kier molecular flexibility index (Phi) is 4.54. The molecular weight excluding hydrogens is 238 g/mol. The van der Waals surface area contributed by atoms with Crippen LogP contribution in [0.1, 0.15) is 44.9 Å². The smallest absolute Gasteiger partial charge is 0.262 e. The molecule has 1 aliphatic heterocycles. The third kappa shape index (κ3) is 3.90. The van der Waals surface area contributed by atoms with Crippen molar-refractivity contribution in [2.45, 2.75) is 56.9 Å². The molecule has 18 heavy (non-hydrogen) atoms. The van der Waals surface area contributed by atoms with Crippen molar-refractivity contribution in [2.24, 2.45) is 5.92 Å². The van der Waals surface area contributed by atoms with Crippen molar-refractivity contribution < 1.29 is 13.6 Å². The molecule has 2 rings (SSSR count). The molecule has 0 spiro atoms. The van der Waals surface area contributed by atoms with Crippen molar-refractivity contribution in [2.75, 3.05) is 13.1 Å². The highest BCUT2D eigenvalue weighted by Crippen LogP contribution is 2.26. The van der Waals surface area contributed by atoms with Crippen molar-refractivity contribution in [3.63, 3.8) is 0 Å². The standard InChI is InChI=1S/C13H22F2N2O/c14-13(15)8-11(17-9-13)12(18)16-7-6-10-4-2-1-3-5-10/h10-11,17H,1-9H2,(H,16,18). The molecule has 0 aromatic carbocycles. The lowest BCUT2D eigenvalue weighted by atomic mass is 9.87. The van der Waals surface area contributed by atoms with Gasteiger partial charge < -0.3 is 5.32 Å². The van der Waals surface area contributed by atoms with Crippen molar-refractivity contribution in [3.8, 4) is 0 Å². The summed E-state index contributed by atoms with van der Waals surface area (Å²) in [5.74, 6) is -2.30. The first-order valence-corrected chi connectivity index (χ1v) is 6.96. The highest BCUT2D eigenvalue weighted by atomic mass is 19.3. The molecule has 1 aliphatic carbocycles. The summed E-state index contributed by atoms with van der Waals surface area (Å²) in [5, 5.41) is 5.35. The summed E-state index contributed by atoms with van der Waals surface area (Å²) in [4.78, 5) is 11.7. The highest BCUT2D eigenvalue weighted by molar-refractivity contribution is 5.82. The first-order valence-electron chi connectivity index (χ1n) is 6.96. The monoisotopic (exact) mass is 260 g/mol. The van der Waals surface area contributed by atoms with Crippen LogP contribution in [0.3, 0.4) is 0 Å². The lowest BCUT2D eigenvalue weighted by molar-refractivity contribution is -0.123. The van der Waals surface area contributed by atoms with Crippen LogP contribution in [0.5, 0.6) is 0 Å². The summed E-state index contributed by atoms with van der Waals surface area (Å²) in [6.07, 6.45) is 7.00. The van der Waals surface area contributed by atoms with Gasteiger partial charge in [-0.2, -0.15) is 0 Å². The van der Waals surface area contributed by atoms with Crippen LogP contribution in [0.25, 0.3) is 0 Å². The Morgan fingerprint density at radius 1 is 1.28 bits per heavy atom. The third-order valence-electron chi connectivity index (χ3n) is 4.00.